The molecule has 0 aromatic heterocycles. The van der Waals surface area contributed by atoms with Crippen molar-refractivity contribution in [3.05, 3.63) is 28.0 Å². The molecule has 0 saturated carbocycles. The summed E-state index contributed by atoms with van der Waals surface area (Å²) in [6, 6.07) is 2.86. The molecule has 1 heterocycles. The molecule has 1 aromatic carbocycles. The van der Waals surface area contributed by atoms with E-state index in [4.69, 9.17) is 5.11 Å². The molecule has 2 N–H and O–H groups in total. The molecular formula is C13H16BrFN2O2. The number of nitrogens with zero attached hydrogens (tertiary/aromatic N) is 1. The normalized spacial score (nSPS) is 15.7. The van der Waals surface area contributed by atoms with E-state index in [-0.39, 0.29) is 10.0 Å². The zero-order valence-electron chi connectivity index (χ0n) is 10.5. The first kappa shape index (κ1) is 14.3. The average molecular weight is 331 g/mol. The van der Waals surface area contributed by atoms with Crippen LogP contribution in [0.2, 0.25) is 0 Å². The van der Waals surface area contributed by atoms with E-state index in [0.717, 1.165) is 19.6 Å². The molecule has 1 aliphatic heterocycles. The molecular weight excluding hydrogens is 315 g/mol. The second-order valence-corrected chi connectivity index (χ2v) is 5.36. The molecule has 6 heteroatoms. The van der Waals surface area contributed by atoms with Crippen molar-refractivity contribution in [2.45, 2.75) is 12.8 Å². The predicted octanol–water partition coefficient (Wildman–Crippen LogP) is 2.79. The number of nitrogens with one attached hydrogen (secondary N) is 1. The van der Waals surface area contributed by atoms with E-state index < -0.39 is 11.8 Å². The lowest BCUT2D eigenvalue weighted by molar-refractivity contribution is 0.0695. The number of hydrogen-bond acceptors (Lipinski definition) is 3. The minimum absolute atomic E-state index is 0.00817. The van der Waals surface area contributed by atoms with Gasteiger partial charge in [-0.1, -0.05) is 0 Å². The minimum atomic E-state index is -1.14. The van der Waals surface area contributed by atoms with Crippen LogP contribution in [0.25, 0.3) is 0 Å². The average Bonchev–Trinajstić information content (AvgIpc) is 2.87. The first-order valence-electron chi connectivity index (χ1n) is 6.27. The summed E-state index contributed by atoms with van der Waals surface area (Å²) in [5.41, 5.74) is 0.263. The molecule has 4 nitrogen and oxygen atoms in total. The van der Waals surface area contributed by atoms with Gasteiger partial charge in [0.2, 0.25) is 0 Å². The first-order chi connectivity index (χ1) is 9.09. The summed E-state index contributed by atoms with van der Waals surface area (Å²) >= 11 is 2.98. The van der Waals surface area contributed by atoms with Crippen LogP contribution in [0.3, 0.4) is 0 Å². The van der Waals surface area contributed by atoms with Crippen LogP contribution >= 0.6 is 15.9 Å². The molecule has 1 saturated heterocycles. The van der Waals surface area contributed by atoms with Crippen LogP contribution in [0.5, 0.6) is 0 Å². The second kappa shape index (κ2) is 6.34. The third-order valence-corrected chi connectivity index (χ3v) is 4.03. The van der Waals surface area contributed by atoms with Crippen molar-refractivity contribution in [3.8, 4) is 0 Å². The highest BCUT2D eigenvalue weighted by molar-refractivity contribution is 9.10. The number of carboxylic acid groups (broad SMARTS) is 1. The van der Waals surface area contributed by atoms with Crippen molar-refractivity contribution in [1.29, 1.82) is 0 Å². The third kappa shape index (κ3) is 3.45. The number of rotatable bonds is 5. The number of likely N-dealkylation sites (tertiary alicyclic amines) is 1. The fraction of sp³-hybridized carbons (Fsp3) is 0.462. The SMILES string of the molecule is O=C(O)c1ccc(NCCN2CCCC2)c(F)c1Br. The lowest BCUT2D eigenvalue weighted by atomic mass is 10.2. The van der Waals surface area contributed by atoms with Crippen LogP contribution < -0.4 is 5.32 Å². The van der Waals surface area contributed by atoms with E-state index in [2.05, 4.69) is 26.1 Å². The van der Waals surface area contributed by atoms with Gasteiger partial charge in [-0.2, -0.15) is 0 Å². The summed E-state index contributed by atoms with van der Waals surface area (Å²) in [4.78, 5) is 13.2. The molecule has 1 fully saturated rings. The Labute approximate surface area is 119 Å². The minimum Gasteiger partial charge on any atom is -0.478 e. The molecule has 0 bridgehead atoms. The maximum absolute atomic E-state index is 13.9. The van der Waals surface area contributed by atoms with Gasteiger partial charge in [-0.3, -0.25) is 0 Å². The van der Waals surface area contributed by atoms with Crippen LogP contribution in [-0.4, -0.2) is 42.2 Å². The van der Waals surface area contributed by atoms with Gasteiger partial charge >= 0.3 is 5.97 Å². The van der Waals surface area contributed by atoms with E-state index in [1.54, 1.807) is 0 Å². The fourth-order valence-corrected chi connectivity index (χ4v) is 2.72. The van der Waals surface area contributed by atoms with Gasteiger partial charge in [0, 0.05) is 13.1 Å². The summed E-state index contributed by atoms with van der Waals surface area (Å²) in [6.45, 7) is 3.73. The van der Waals surface area contributed by atoms with Crippen molar-refractivity contribution in [2.24, 2.45) is 0 Å². The maximum atomic E-state index is 13.9. The number of carbonyl (C=O) groups is 1. The van der Waals surface area contributed by atoms with E-state index >= 15 is 0 Å². The molecule has 19 heavy (non-hydrogen) atoms. The number of carboxylic acids is 1. The first-order valence-corrected chi connectivity index (χ1v) is 7.06. The van der Waals surface area contributed by atoms with Gasteiger partial charge in [0.1, 0.15) is 0 Å². The van der Waals surface area contributed by atoms with Crippen molar-refractivity contribution >= 4 is 27.6 Å². The molecule has 1 aromatic rings. The van der Waals surface area contributed by atoms with E-state index in [1.165, 1.54) is 25.0 Å². The summed E-state index contributed by atoms with van der Waals surface area (Å²) in [5.74, 6) is -1.70. The van der Waals surface area contributed by atoms with Gasteiger partial charge in [0.25, 0.3) is 0 Å². The number of hydrogen-bond donors (Lipinski definition) is 2. The molecule has 0 aliphatic carbocycles. The Bertz CT molecular complexity index is 476. The Balaban J connectivity index is 1.96. The van der Waals surface area contributed by atoms with Crippen LogP contribution in [0.1, 0.15) is 23.2 Å². The molecule has 0 spiro atoms. The Morgan fingerprint density at radius 2 is 2.11 bits per heavy atom. The van der Waals surface area contributed by atoms with Crippen molar-refractivity contribution in [3.63, 3.8) is 0 Å². The van der Waals surface area contributed by atoms with Gasteiger partial charge in [-0.05, 0) is 54.0 Å². The van der Waals surface area contributed by atoms with Gasteiger partial charge in [0.15, 0.2) is 5.82 Å². The molecule has 104 valence electrons. The molecule has 0 atom stereocenters. The summed E-state index contributed by atoms with van der Waals surface area (Å²) in [5, 5.41) is 11.9. The van der Waals surface area contributed by atoms with Crippen molar-refractivity contribution in [1.82, 2.24) is 4.90 Å². The molecule has 0 unspecified atom stereocenters. The molecule has 2 rings (SSSR count). The maximum Gasteiger partial charge on any atom is 0.336 e. The van der Waals surface area contributed by atoms with Crippen molar-refractivity contribution in [2.75, 3.05) is 31.5 Å². The number of anilines is 1. The largest absolute Gasteiger partial charge is 0.478 e. The predicted molar refractivity (Wildman–Crippen MR) is 75.2 cm³/mol. The van der Waals surface area contributed by atoms with Crippen LogP contribution in [0, 0.1) is 5.82 Å². The number of halogens is 2. The highest BCUT2D eigenvalue weighted by Gasteiger charge is 2.16. The van der Waals surface area contributed by atoms with Crippen LogP contribution in [0.4, 0.5) is 10.1 Å². The van der Waals surface area contributed by atoms with E-state index in [1.807, 2.05) is 0 Å². The highest BCUT2D eigenvalue weighted by atomic mass is 79.9. The van der Waals surface area contributed by atoms with E-state index in [9.17, 15) is 9.18 Å². The summed E-state index contributed by atoms with van der Waals surface area (Å²) < 4.78 is 13.9. The van der Waals surface area contributed by atoms with Gasteiger partial charge < -0.3 is 15.3 Å². The number of benzene rings is 1. The summed E-state index contributed by atoms with van der Waals surface area (Å²) in [7, 11) is 0. The molecule has 0 radical (unpaired) electrons. The monoisotopic (exact) mass is 330 g/mol. The Kier molecular flexibility index (Phi) is 4.76. The van der Waals surface area contributed by atoms with Crippen molar-refractivity contribution < 1.29 is 14.3 Å². The van der Waals surface area contributed by atoms with Crippen LogP contribution in [0.15, 0.2) is 16.6 Å². The van der Waals surface area contributed by atoms with Gasteiger partial charge in [-0.15, -0.1) is 0 Å². The molecule has 0 amide bonds. The Morgan fingerprint density at radius 3 is 2.74 bits per heavy atom. The Morgan fingerprint density at radius 1 is 1.42 bits per heavy atom. The zero-order chi connectivity index (χ0) is 13.8. The zero-order valence-corrected chi connectivity index (χ0v) is 12.0. The lowest BCUT2D eigenvalue weighted by Crippen LogP contribution is -2.26. The molecule has 1 aliphatic rings. The topological polar surface area (TPSA) is 52.6 Å². The van der Waals surface area contributed by atoms with Crippen LogP contribution in [-0.2, 0) is 0 Å². The quantitative estimate of drug-likeness (QED) is 0.871. The second-order valence-electron chi connectivity index (χ2n) is 4.57. The standard InChI is InChI=1S/C13H16BrFN2O2/c14-11-9(13(18)19)3-4-10(12(11)15)16-5-8-17-6-1-2-7-17/h3-4,16H,1-2,5-8H2,(H,18,19). The smallest absolute Gasteiger partial charge is 0.336 e. The third-order valence-electron chi connectivity index (χ3n) is 3.25. The van der Waals surface area contributed by atoms with Gasteiger partial charge in [-0.25, -0.2) is 9.18 Å². The highest BCUT2D eigenvalue weighted by Crippen LogP contribution is 2.27. The summed E-state index contributed by atoms with van der Waals surface area (Å²) in [6.07, 6.45) is 2.46. The van der Waals surface area contributed by atoms with Gasteiger partial charge in [0.05, 0.1) is 15.7 Å². The number of aromatic carboxylic acids is 1. The fourth-order valence-electron chi connectivity index (χ4n) is 2.21. The lowest BCUT2D eigenvalue weighted by Gasteiger charge is -2.16. The van der Waals surface area contributed by atoms with E-state index in [0.29, 0.717) is 12.2 Å². The Hall–Kier alpha value is -1.14.